The summed E-state index contributed by atoms with van der Waals surface area (Å²) in [5.41, 5.74) is 1.08. The van der Waals surface area contributed by atoms with Crippen molar-refractivity contribution in [1.82, 2.24) is 0 Å². The molecule has 2 rings (SSSR count). The summed E-state index contributed by atoms with van der Waals surface area (Å²) in [6.07, 6.45) is 2.33. The van der Waals surface area contributed by atoms with E-state index in [1.807, 2.05) is 30.3 Å². The lowest BCUT2D eigenvalue weighted by atomic mass is 10.0. The number of isocyanates is 1. The van der Waals surface area contributed by atoms with Crippen molar-refractivity contribution in [1.29, 1.82) is 0 Å². The lowest BCUT2D eigenvalue weighted by molar-refractivity contribution is 0.105. The van der Waals surface area contributed by atoms with Gasteiger partial charge in [0.1, 0.15) is 6.10 Å². The average Bonchev–Trinajstić information content (AvgIpc) is 2.68. The topological polar surface area (TPSA) is 38.7 Å². The smallest absolute Gasteiger partial charge is 0.235 e. The highest BCUT2D eigenvalue weighted by Crippen LogP contribution is 2.30. The molecule has 0 unspecified atom stereocenters. The normalized spacial score (nSPS) is 25.7. The number of carbonyl (C=O) groups excluding carboxylic acids is 1. The van der Waals surface area contributed by atoms with E-state index >= 15 is 0 Å². The molecule has 1 aliphatic heterocycles. The van der Waals surface area contributed by atoms with Crippen LogP contribution < -0.4 is 0 Å². The number of rotatable bonds is 2. The Kier molecular flexibility index (Phi) is 2.73. The maximum Gasteiger partial charge on any atom is 0.235 e. The Labute approximate surface area is 82.4 Å². The van der Waals surface area contributed by atoms with Crippen molar-refractivity contribution in [3.05, 3.63) is 35.9 Å². The highest BCUT2D eigenvalue weighted by atomic mass is 16.5. The van der Waals surface area contributed by atoms with Crippen LogP contribution in [0.4, 0.5) is 0 Å². The van der Waals surface area contributed by atoms with Gasteiger partial charge >= 0.3 is 0 Å². The van der Waals surface area contributed by atoms with Crippen molar-refractivity contribution in [2.45, 2.75) is 18.6 Å². The molecule has 1 aliphatic rings. The van der Waals surface area contributed by atoms with E-state index in [0.717, 1.165) is 12.0 Å². The Balaban J connectivity index is 2.21. The second kappa shape index (κ2) is 4.18. The third-order valence-corrected chi connectivity index (χ3v) is 2.41. The van der Waals surface area contributed by atoms with Crippen LogP contribution >= 0.6 is 0 Å². The fourth-order valence-corrected chi connectivity index (χ4v) is 1.74. The van der Waals surface area contributed by atoms with Crippen LogP contribution in [0.1, 0.15) is 18.1 Å². The maximum absolute atomic E-state index is 10.2. The minimum Gasteiger partial charge on any atom is -0.371 e. The molecule has 0 N–H and O–H groups in total. The summed E-state index contributed by atoms with van der Waals surface area (Å²) in [6, 6.07) is 9.79. The van der Waals surface area contributed by atoms with Gasteiger partial charge in [-0.1, -0.05) is 30.3 Å². The molecule has 0 amide bonds. The molecule has 2 atom stereocenters. The molecule has 0 bridgehead atoms. The van der Waals surface area contributed by atoms with Crippen molar-refractivity contribution in [2.24, 2.45) is 4.99 Å². The van der Waals surface area contributed by atoms with Gasteiger partial charge in [-0.2, -0.15) is 4.99 Å². The zero-order chi connectivity index (χ0) is 9.80. The molecule has 3 heteroatoms. The first-order valence-electron chi connectivity index (χ1n) is 4.65. The van der Waals surface area contributed by atoms with E-state index in [1.165, 1.54) is 0 Å². The summed E-state index contributed by atoms with van der Waals surface area (Å²) < 4.78 is 5.53. The first-order valence-corrected chi connectivity index (χ1v) is 4.65. The van der Waals surface area contributed by atoms with Crippen molar-refractivity contribution in [3.63, 3.8) is 0 Å². The van der Waals surface area contributed by atoms with Crippen LogP contribution in [0.15, 0.2) is 35.3 Å². The van der Waals surface area contributed by atoms with Crippen LogP contribution in [-0.2, 0) is 9.53 Å². The van der Waals surface area contributed by atoms with E-state index in [1.54, 1.807) is 6.08 Å². The van der Waals surface area contributed by atoms with Gasteiger partial charge in [0.15, 0.2) is 0 Å². The van der Waals surface area contributed by atoms with Gasteiger partial charge in [-0.15, -0.1) is 0 Å². The monoisotopic (exact) mass is 189 g/mol. The zero-order valence-corrected chi connectivity index (χ0v) is 7.72. The van der Waals surface area contributed by atoms with Gasteiger partial charge in [0.05, 0.1) is 6.04 Å². The third-order valence-electron chi connectivity index (χ3n) is 2.41. The first-order chi connectivity index (χ1) is 6.92. The minimum atomic E-state index is -0.0716. The fourth-order valence-electron chi connectivity index (χ4n) is 1.74. The summed E-state index contributed by atoms with van der Waals surface area (Å²) in [6.45, 7) is 0.662. The van der Waals surface area contributed by atoms with Crippen molar-refractivity contribution < 1.29 is 9.53 Å². The van der Waals surface area contributed by atoms with E-state index in [9.17, 15) is 4.79 Å². The van der Waals surface area contributed by atoms with Crippen LogP contribution in [0, 0.1) is 0 Å². The van der Waals surface area contributed by atoms with Gasteiger partial charge in [0.2, 0.25) is 6.08 Å². The summed E-state index contributed by atoms with van der Waals surface area (Å²) >= 11 is 0. The van der Waals surface area contributed by atoms with Gasteiger partial charge in [0.25, 0.3) is 0 Å². The summed E-state index contributed by atoms with van der Waals surface area (Å²) in [7, 11) is 0. The van der Waals surface area contributed by atoms with E-state index in [4.69, 9.17) is 4.74 Å². The van der Waals surface area contributed by atoms with Gasteiger partial charge in [-0.3, -0.25) is 0 Å². The van der Waals surface area contributed by atoms with Gasteiger partial charge in [-0.25, -0.2) is 4.79 Å². The van der Waals surface area contributed by atoms with E-state index in [2.05, 4.69) is 4.99 Å². The average molecular weight is 189 g/mol. The van der Waals surface area contributed by atoms with E-state index < -0.39 is 0 Å². The third kappa shape index (κ3) is 1.74. The Bertz CT molecular complexity index is 344. The predicted octanol–water partition coefficient (Wildman–Crippen LogP) is 1.85. The molecule has 1 aromatic rings. The molecule has 0 aliphatic carbocycles. The molecule has 14 heavy (non-hydrogen) atoms. The van der Waals surface area contributed by atoms with E-state index in [-0.39, 0.29) is 12.1 Å². The second-order valence-electron chi connectivity index (χ2n) is 3.28. The van der Waals surface area contributed by atoms with Crippen LogP contribution in [0.3, 0.4) is 0 Å². The molecule has 1 fully saturated rings. The Hall–Kier alpha value is -1.44. The molecule has 0 spiro atoms. The SMILES string of the molecule is O=C=N[C@H]1CCO[C@@H]1c1ccccc1. The lowest BCUT2D eigenvalue weighted by Crippen LogP contribution is -2.10. The lowest BCUT2D eigenvalue weighted by Gasteiger charge is -2.13. The van der Waals surface area contributed by atoms with E-state index in [0.29, 0.717) is 6.61 Å². The van der Waals surface area contributed by atoms with Crippen molar-refractivity contribution in [2.75, 3.05) is 6.61 Å². The molecule has 0 saturated carbocycles. The van der Waals surface area contributed by atoms with Gasteiger partial charge in [0, 0.05) is 6.61 Å². The van der Waals surface area contributed by atoms with Crippen molar-refractivity contribution >= 4 is 6.08 Å². The Morgan fingerprint density at radius 1 is 1.36 bits per heavy atom. The highest BCUT2D eigenvalue weighted by Gasteiger charge is 2.29. The van der Waals surface area contributed by atoms with Crippen molar-refractivity contribution in [3.8, 4) is 0 Å². The highest BCUT2D eigenvalue weighted by molar-refractivity contribution is 5.34. The molecular formula is C11H11NO2. The van der Waals surface area contributed by atoms with Gasteiger partial charge in [-0.05, 0) is 12.0 Å². The van der Waals surface area contributed by atoms with Crippen LogP contribution in [0.2, 0.25) is 0 Å². The minimum absolute atomic E-state index is 0.0603. The quantitative estimate of drug-likeness (QED) is 0.526. The second-order valence-corrected chi connectivity index (χ2v) is 3.28. The number of ether oxygens (including phenoxy) is 1. The number of nitrogens with zero attached hydrogens (tertiary/aromatic N) is 1. The zero-order valence-electron chi connectivity index (χ0n) is 7.72. The summed E-state index contributed by atoms with van der Waals surface area (Å²) in [5.74, 6) is 0. The standard InChI is InChI=1S/C11H11NO2/c13-8-12-10-6-7-14-11(10)9-4-2-1-3-5-9/h1-5,10-11H,6-7H2/t10-,11+/m0/s1. The number of hydrogen-bond donors (Lipinski definition) is 0. The first kappa shape index (κ1) is 9.13. The number of benzene rings is 1. The molecule has 72 valence electrons. The molecular weight excluding hydrogens is 178 g/mol. The summed E-state index contributed by atoms with van der Waals surface area (Å²) in [5, 5.41) is 0. The largest absolute Gasteiger partial charge is 0.371 e. The number of aliphatic imine (C=N–C) groups is 1. The summed E-state index contributed by atoms with van der Waals surface area (Å²) in [4.78, 5) is 13.9. The Morgan fingerprint density at radius 3 is 2.86 bits per heavy atom. The Morgan fingerprint density at radius 2 is 2.14 bits per heavy atom. The van der Waals surface area contributed by atoms with Crippen LogP contribution in [0.5, 0.6) is 0 Å². The van der Waals surface area contributed by atoms with Crippen LogP contribution in [-0.4, -0.2) is 18.7 Å². The fraction of sp³-hybridized carbons (Fsp3) is 0.364. The van der Waals surface area contributed by atoms with Crippen LogP contribution in [0.25, 0.3) is 0 Å². The molecule has 0 radical (unpaired) electrons. The van der Waals surface area contributed by atoms with Gasteiger partial charge < -0.3 is 4.74 Å². The molecule has 3 nitrogen and oxygen atoms in total. The molecule has 0 aromatic heterocycles. The number of hydrogen-bond acceptors (Lipinski definition) is 3. The molecule has 1 saturated heterocycles. The predicted molar refractivity (Wildman–Crippen MR) is 51.7 cm³/mol. The molecule has 1 aromatic carbocycles. The maximum atomic E-state index is 10.2. The molecule has 1 heterocycles.